The largest absolute Gasteiger partial charge is 0.322 e. The van der Waals surface area contributed by atoms with E-state index in [1.807, 2.05) is 0 Å². The summed E-state index contributed by atoms with van der Waals surface area (Å²) in [6.07, 6.45) is 2.79. The highest BCUT2D eigenvalue weighted by Crippen LogP contribution is 1.85. The van der Waals surface area contributed by atoms with E-state index in [2.05, 4.69) is 0 Å². The maximum atomic E-state index is 10.4. The first kappa shape index (κ1) is 8.78. The molecule has 0 aliphatic heterocycles. The molecule has 0 amide bonds. The Bertz CT molecular complexity index is 116. The number of carbonyl (C=O) groups excluding carboxylic acids is 1. The van der Waals surface area contributed by atoms with Gasteiger partial charge in [-0.05, 0) is 6.42 Å². The Morgan fingerprint density at radius 3 is 2.67 bits per heavy atom. The molecule has 3 nitrogen and oxygen atoms in total. The van der Waals surface area contributed by atoms with Crippen molar-refractivity contribution in [2.24, 2.45) is 5.73 Å². The van der Waals surface area contributed by atoms with Crippen LogP contribution in [0.2, 0.25) is 0 Å². The Morgan fingerprint density at radius 2 is 2.33 bits per heavy atom. The molecule has 0 bridgehead atoms. The van der Waals surface area contributed by atoms with Gasteiger partial charge in [-0.2, -0.15) is 0 Å². The van der Waals surface area contributed by atoms with Crippen LogP contribution in [-0.2, 0) is 15.6 Å². The minimum atomic E-state index is -0.827. The number of rotatable bonds is 4. The standard InChI is InChI=1S/C5H11NO2S/c1-9(8)3-2-5(6)4-7/h4-5H,2-3,6H2,1H3. The summed E-state index contributed by atoms with van der Waals surface area (Å²) in [6.45, 7) is 0. The lowest BCUT2D eigenvalue weighted by Crippen LogP contribution is -2.23. The molecule has 54 valence electrons. The fourth-order valence-electron chi connectivity index (χ4n) is 0.370. The first-order valence-electron chi connectivity index (χ1n) is 2.67. The Morgan fingerprint density at radius 1 is 1.78 bits per heavy atom. The van der Waals surface area contributed by atoms with Gasteiger partial charge in [0.1, 0.15) is 6.29 Å². The average Bonchev–Trinajstić information content (AvgIpc) is 1.83. The summed E-state index contributed by atoms with van der Waals surface area (Å²) < 4.78 is 10.4. The van der Waals surface area contributed by atoms with Crippen LogP contribution < -0.4 is 5.73 Å². The van der Waals surface area contributed by atoms with Crippen molar-refractivity contribution in [1.29, 1.82) is 0 Å². The highest BCUT2D eigenvalue weighted by Gasteiger charge is 1.99. The van der Waals surface area contributed by atoms with E-state index in [9.17, 15) is 9.00 Å². The zero-order valence-corrected chi connectivity index (χ0v) is 6.19. The Hall–Kier alpha value is -0.220. The molecule has 2 atom stereocenters. The molecule has 9 heavy (non-hydrogen) atoms. The summed E-state index contributed by atoms with van der Waals surface area (Å²) in [6, 6.07) is -0.436. The fourth-order valence-corrected chi connectivity index (χ4v) is 0.974. The number of aldehydes is 1. The van der Waals surface area contributed by atoms with Crippen LogP contribution in [0.25, 0.3) is 0 Å². The van der Waals surface area contributed by atoms with Crippen LogP contribution in [0.15, 0.2) is 0 Å². The molecule has 2 N–H and O–H groups in total. The van der Waals surface area contributed by atoms with Crippen molar-refractivity contribution in [3.05, 3.63) is 0 Å². The van der Waals surface area contributed by atoms with Gasteiger partial charge in [-0.3, -0.25) is 4.21 Å². The highest BCUT2D eigenvalue weighted by molar-refractivity contribution is 7.84. The topological polar surface area (TPSA) is 60.2 Å². The van der Waals surface area contributed by atoms with Gasteiger partial charge in [-0.25, -0.2) is 0 Å². The van der Waals surface area contributed by atoms with Gasteiger partial charge >= 0.3 is 0 Å². The quantitative estimate of drug-likeness (QED) is 0.537. The summed E-state index contributed by atoms with van der Waals surface area (Å²) in [5.41, 5.74) is 5.22. The van der Waals surface area contributed by atoms with E-state index < -0.39 is 16.8 Å². The van der Waals surface area contributed by atoms with Crippen LogP contribution in [-0.4, -0.2) is 28.5 Å². The summed E-state index contributed by atoms with van der Waals surface area (Å²) >= 11 is 0. The number of hydrogen-bond acceptors (Lipinski definition) is 3. The van der Waals surface area contributed by atoms with Crippen LogP contribution in [0.4, 0.5) is 0 Å². The molecule has 0 aromatic heterocycles. The molecule has 0 rings (SSSR count). The van der Waals surface area contributed by atoms with E-state index in [1.54, 1.807) is 6.26 Å². The van der Waals surface area contributed by atoms with Crippen molar-refractivity contribution in [3.63, 3.8) is 0 Å². The zero-order valence-electron chi connectivity index (χ0n) is 5.37. The van der Waals surface area contributed by atoms with Crippen LogP contribution in [0, 0.1) is 0 Å². The van der Waals surface area contributed by atoms with Gasteiger partial charge in [0.15, 0.2) is 0 Å². The molecular formula is C5H11NO2S. The van der Waals surface area contributed by atoms with Crippen molar-refractivity contribution in [2.45, 2.75) is 12.5 Å². The molecule has 0 aromatic carbocycles. The van der Waals surface area contributed by atoms with Gasteiger partial charge in [-0.15, -0.1) is 0 Å². The molecule has 0 saturated heterocycles. The Balaban J connectivity index is 3.26. The maximum Gasteiger partial charge on any atom is 0.136 e. The average molecular weight is 149 g/mol. The predicted octanol–water partition coefficient (Wildman–Crippen LogP) is -0.719. The molecule has 4 heteroatoms. The van der Waals surface area contributed by atoms with E-state index in [4.69, 9.17) is 5.73 Å². The molecule has 2 unspecified atom stereocenters. The highest BCUT2D eigenvalue weighted by atomic mass is 32.2. The zero-order chi connectivity index (χ0) is 7.28. The molecule has 0 aliphatic carbocycles. The second-order valence-electron chi connectivity index (χ2n) is 1.87. The van der Waals surface area contributed by atoms with Crippen molar-refractivity contribution in [2.75, 3.05) is 12.0 Å². The van der Waals surface area contributed by atoms with Crippen molar-refractivity contribution in [3.8, 4) is 0 Å². The SMILES string of the molecule is CS(=O)CCC(N)C=O. The van der Waals surface area contributed by atoms with E-state index in [1.165, 1.54) is 0 Å². The normalized spacial score (nSPS) is 16.7. The number of hydrogen-bond donors (Lipinski definition) is 1. The Labute approximate surface area is 57.1 Å². The second-order valence-corrected chi connectivity index (χ2v) is 3.42. The van der Waals surface area contributed by atoms with Crippen molar-refractivity contribution < 1.29 is 9.00 Å². The first-order chi connectivity index (χ1) is 4.16. The Kier molecular flexibility index (Phi) is 4.53. The van der Waals surface area contributed by atoms with E-state index in [0.29, 0.717) is 18.5 Å². The second kappa shape index (κ2) is 4.64. The van der Waals surface area contributed by atoms with E-state index in [0.717, 1.165) is 0 Å². The van der Waals surface area contributed by atoms with E-state index >= 15 is 0 Å². The van der Waals surface area contributed by atoms with Crippen LogP contribution >= 0.6 is 0 Å². The summed E-state index contributed by atoms with van der Waals surface area (Å²) in [7, 11) is -0.827. The molecule has 0 spiro atoms. The van der Waals surface area contributed by atoms with Gasteiger partial charge in [0.2, 0.25) is 0 Å². The molecule has 0 aliphatic rings. The molecular weight excluding hydrogens is 138 g/mol. The van der Waals surface area contributed by atoms with E-state index in [-0.39, 0.29) is 0 Å². The van der Waals surface area contributed by atoms with Gasteiger partial charge < -0.3 is 10.5 Å². The van der Waals surface area contributed by atoms with Gasteiger partial charge in [-0.1, -0.05) is 0 Å². The summed E-state index contributed by atoms with van der Waals surface area (Å²) in [5, 5.41) is 0. The van der Waals surface area contributed by atoms with Crippen molar-refractivity contribution >= 4 is 17.1 Å². The summed E-state index contributed by atoms with van der Waals surface area (Å²) in [5.74, 6) is 0.514. The molecule has 0 aromatic rings. The first-order valence-corrected chi connectivity index (χ1v) is 4.40. The fraction of sp³-hybridized carbons (Fsp3) is 0.800. The lowest BCUT2D eigenvalue weighted by molar-refractivity contribution is -0.108. The van der Waals surface area contributed by atoms with Crippen LogP contribution in [0.5, 0.6) is 0 Å². The smallest absolute Gasteiger partial charge is 0.136 e. The predicted molar refractivity (Wildman–Crippen MR) is 37.6 cm³/mol. The molecule has 0 fully saturated rings. The minimum absolute atomic E-state index is 0.436. The van der Waals surface area contributed by atoms with Gasteiger partial charge in [0.05, 0.1) is 6.04 Å². The van der Waals surface area contributed by atoms with Gasteiger partial charge in [0, 0.05) is 22.8 Å². The lowest BCUT2D eigenvalue weighted by atomic mass is 10.3. The molecule has 0 radical (unpaired) electrons. The van der Waals surface area contributed by atoms with Crippen LogP contribution in [0.1, 0.15) is 6.42 Å². The third-order valence-corrected chi connectivity index (χ3v) is 1.72. The molecule has 0 heterocycles. The van der Waals surface area contributed by atoms with Crippen molar-refractivity contribution in [1.82, 2.24) is 0 Å². The minimum Gasteiger partial charge on any atom is -0.322 e. The maximum absolute atomic E-state index is 10.4. The van der Waals surface area contributed by atoms with Crippen LogP contribution in [0.3, 0.4) is 0 Å². The third kappa shape index (κ3) is 5.65. The lowest BCUT2D eigenvalue weighted by Gasteiger charge is -1.98. The van der Waals surface area contributed by atoms with Gasteiger partial charge in [0.25, 0.3) is 0 Å². The summed E-state index contributed by atoms with van der Waals surface area (Å²) in [4.78, 5) is 9.89. The number of carbonyl (C=O) groups is 1. The molecule has 0 saturated carbocycles. The third-order valence-electron chi connectivity index (χ3n) is 0.913. The number of nitrogens with two attached hydrogens (primary N) is 1. The monoisotopic (exact) mass is 149 g/mol.